The van der Waals surface area contributed by atoms with Crippen molar-refractivity contribution in [3.05, 3.63) is 35.4 Å². The number of carbonyl (C=O) groups is 3. The average molecular weight is 360 g/mol. The van der Waals surface area contributed by atoms with Gasteiger partial charge < -0.3 is 14.5 Å². The fourth-order valence-electron chi connectivity index (χ4n) is 3.12. The van der Waals surface area contributed by atoms with Crippen LogP contribution in [-0.4, -0.2) is 60.9 Å². The van der Waals surface area contributed by atoms with E-state index in [0.29, 0.717) is 31.7 Å². The van der Waals surface area contributed by atoms with E-state index in [1.807, 2.05) is 29.2 Å². The molecule has 1 fully saturated rings. The Hall–Kier alpha value is -2.37. The third-order valence-electron chi connectivity index (χ3n) is 4.65. The SMILES string of the molecule is CCCc1ccc(C(=O)N2CCCN(C(=O)CCC(=O)OC)CC2)cc1. The molecule has 0 N–H and O–H groups in total. The molecule has 0 atom stereocenters. The van der Waals surface area contributed by atoms with Crippen molar-refractivity contribution < 1.29 is 19.1 Å². The van der Waals surface area contributed by atoms with Crippen LogP contribution in [0.4, 0.5) is 0 Å². The largest absolute Gasteiger partial charge is 0.469 e. The van der Waals surface area contributed by atoms with Crippen molar-refractivity contribution >= 4 is 17.8 Å². The molecule has 1 heterocycles. The van der Waals surface area contributed by atoms with Crippen LogP contribution in [0.5, 0.6) is 0 Å². The summed E-state index contributed by atoms with van der Waals surface area (Å²) in [5.41, 5.74) is 1.93. The minimum Gasteiger partial charge on any atom is -0.469 e. The van der Waals surface area contributed by atoms with E-state index >= 15 is 0 Å². The van der Waals surface area contributed by atoms with Crippen molar-refractivity contribution in [1.29, 1.82) is 0 Å². The van der Waals surface area contributed by atoms with Gasteiger partial charge in [0.1, 0.15) is 0 Å². The van der Waals surface area contributed by atoms with Gasteiger partial charge in [0.05, 0.1) is 13.5 Å². The summed E-state index contributed by atoms with van der Waals surface area (Å²) in [5, 5.41) is 0. The zero-order valence-electron chi connectivity index (χ0n) is 15.7. The molecule has 1 aliphatic rings. The average Bonchev–Trinajstić information content (AvgIpc) is 2.92. The minimum atomic E-state index is -0.378. The molecule has 0 spiro atoms. The highest BCUT2D eigenvalue weighted by molar-refractivity contribution is 5.94. The van der Waals surface area contributed by atoms with E-state index in [0.717, 1.165) is 19.3 Å². The third kappa shape index (κ3) is 5.58. The number of rotatable bonds is 6. The van der Waals surface area contributed by atoms with Gasteiger partial charge in [-0.2, -0.15) is 0 Å². The molecule has 0 unspecified atom stereocenters. The first kappa shape index (κ1) is 19.9. The zero-order chi connectivity index (χ0) is 18.9. The van der Waals surface area contributed by atoms with Crippen LogP contribution in [0.3, 0.4) is 0 Å². The van der Waals surface area contributed by atoms with Crippen LogP contribution in [0, 0.1) is 0 Å². The van der Waals surface area contributed by atoms with E-state index in [-0.39, 0.29) is 30.6 Å². The fourth-order valence-corrected chi connectivity index (χ4v) is 3.12. The highest BCUT2D eigenvalue weighted by Gasteiger charge is 2.23. The third-order valence-corrected chi connectivity index (χ3v) is 4.65. The van der Waals surface area contributed by atoms with Gasteiger partial charge in [-0.3, -0.25) is 14.4 Å². The maximum atomic E-state index is 12.7. The normalized spacial score (nSPS) is 14.7. The lowest BCUT2D eigenvalue weighted by atomic mass is 10.1. The van der Waals surface area contributed by atoms with Crippen LogP contribution < -0.4 is 0 Å². The highest BCUT2D eigenvalue weighted by Crippen LogP contribution is 2.13. The Morgan fingerprint density at radius 3 is 2.27 bits per heavy atom. The summed E-state index contributed by atoms with van der Waals surface area (Å²) >= 11 is 0. The maximum absolute atomic E-state index is 12.7. The summed E-state index contributed by atoms with van der Waals surface area (Å²) < 4.78 is 4.57. The molecule has 2 amide bonds. The molecule has 0 saturated carbocycles. The summed E-state index contributed by atoms with van der Waals surface area (Å²) in [6.07, 6.45) is 3.09. The minimum absolute atomic E-state index is 0.0110. The van der Waals surface area contributed by atoms with Crippen molar-refractivity contribution in [2.75, 3.05) is 33.3 Å². The van der Waals surface area contributed by atoms with Crippen molar-refractivity contribution in [1.82, 2.24) is 9.80 Å². The molecule has 142 valence electrons. The topological polar surface area (TPSA) is 66.9 Å². The summed E-state index contributed by atoms with van der Waals surface area (Å²) in [7, 11) is 1.32. The predicted molar refractivity (Wildman–Crippen MR) is 98.8 cm³/mol. The molecule has 1 aliphatic heterocycles. The molecule has 1 aromatic carbocycles. The number of esters is 1. The molecule has 0 radical (unpaired) electrons. The summed E-state index contributed by atoms with van der Waals surface area (Å²) in [5.74, 6) is -0.429. The second-order valence-corrected chi connectivity index (χ2v) is 6.55. The van der Waals surface area contributed by atoms with Crippen molar-refractivity contribution in [2.45, 2.75) is 39.0 Å². The Balaban J connectivity index is 1.89. The molecule has 0 bridgehead atoms. The predicted octanol–water partition coefficient (Wildman–Crippen LogP) is 2.27. The smallest absolute Gasteiger partial charge is 0.306 e. The monoisotopic (exact) mass is 360 g/mol. The van der Waals surface area contributed by atoms with Crippen LogP contribution in [0.15, 0.2) is 24.3 Å². The van der Waals surface area contributed by atoms with Crippen LogP contribution in [0.25, 0.3) is 0 Å². The Labute approximate surface area is 155 Å². The number of hydrogen-bond acceptors (Lipinski definition) is 4. The van der Waals surface area contributed by atoms with Gasteiger partial charge in [-0.25, -0.2) is 0 Å². The van der Waals surface area contributed by atoms with Gasteiger partial charge in [-0.1, -0.05) is 25.5 Å². The van der Waals surface area contributed by atoms with Gasteiger partial charge in [0, 0.05) is 38.2 Å². The van der Waals surface area contributed by atoms with E-state index in [1.165, 1.54) is 12.7 Å². The van der Waals surface area contributed by atoms with Crippen LogP contribution in [0.1, 0.15) is 48.5 Å². The highest BCUT2D eigenvalue weighted by atomic mass is 16.5. The van der Waals surface area contributed by atoms with E-state index in [4.69, 9.17) is 0 Å². The quantitative estimate of drug-likeness (QED) is 0.730. The maximum Gasteiger partial charge on any atom is 0.306 e. The number of benzene rings is 1. The Morgan fingerprint density at radius 2 is 1.62 bits per heavy atom. The summed E-state index contributed by atoms with van der Waals surface area (Å²) in [6, 6.07) is 7.80. The Bertz CT molecular complexity index is 627. The van der Waals surface area contributed by atoms with Crippen molar-refractivity contribution in [2.24, 2.45) is 0 Å². The number of amides is 2. The molecule has 26 heavy (non-hydrogen) atoms. The number of aryl methyl sites for hydroxylation is 1. The van der Waals surface area contributed by atoms with Gasteiger partial charge in [0.2, 0.25) is 5.91 Å². The zero-order valence-corrected chi connectivity index (χ0v) is 15.7. The molecule has 6 nitrogen and oxygen atoms in total. The lowest BCUT2D eigenvalue weighted by Gasteiger charge is -2.22. The van der Waals surface area contributed by atoms with Gasteiger partial charge in [-0.15, -0.1) is 0 Å². The standard InChI is InChI=1S/C20H28N2O4/c1-3-5-16-6-8-17(9-7-16)20(25)22-13-4-12-21(14-15-22)18(23)10-11-19(24)26-2/h6-9H,3-5,10-15H2,1-2H3. The first-order valence-electron chi connectivity index (χ1n) is 9.28. The van der Waals surface area contributed by atoms with Crippen molar-refractivity contribution in [3.8, 4) is 0 Å². The molecule has 2 rings (SSSR count). The second kappa shape index (κ2) is 9.94. The lowest BCUT2D eigenvalue weighted by molar-refractivity contribution is -0.143. The number of hydrogen-bond donors (Lipinski definition) is 0. The van der Waals surface area contributed by atoms with Crippen LogP contribution in [0.2, 0.25) is 0 Å². The second-order valence-electron chi connectivity index (χ2n) is 6.55. The Kier molecular flexibility index (Phi) is 7.63. The van der Waals surface area contributed by atoms with Gasteiger partial charge in [0.25, 0.3) is 5.91 Å². The van der Waals surface area contributed by atoms with Gasteiger partial charge >= 0.3 is 5.97 Å². The molecule has 0 aromatic heterocycles. The van der Waals surface area contributed by atoms with E-state index in [9.17, 15) is 14.4 Å². The van der Waals surface area contributed by atoms with Gasteiger partial charge in [-0.05, 0) is 30.5 Å². The molecule has 1 aromatic rings. The van der Waals surface area contributed by atoms with Gasteiger partial charge in [0.15, 0.2) is 0 Å². The number of methoxy groups -OCH3 is 1. The number of ether oxygens (including phenoxy) is 1. The number of carbonyl (C=O) groups excluding carboxylic acids is 3. The van der Waals surface area contributed by atoms with E-state index in [1.54, 1.807) is 4.90 Å². The molecular weight excluding hydrogens is 332 g/mol. The molecule has 1 saturated heterocycles. The fraction of sp³-hybridized carbons (Fsp3) is 0.550. The van der Waals surface area contributed by atoms with E-state index in [2.05, 4.69) is 11.7 Å². The van der Waals surface area contributed by atoms with Crippen LogP contribution >= 0.6 is 0 Å². The summed E-state index contributed by atoms with van der Waals surface area (Å²) in [4.78, 5) is 39.7. The Morgan fingerprint density at radius 1 is 0.962 bits per heavy atom. The van der Waals surface area contributed by atoms with Crippen LogP contribution in [-0.2, 0) is 20.7 Å². The first-order chi connectivity index (χ1) is 12.5. The molecule has 0 aliphatic carbocycles. The first-order valence-corrected chi connectivity index (χ1v) is 9.28. The van der Waals surface area contributed by atoms with E-state index < -0.39 is 0 Å². The van der Waals surface area contributed by atoms with Crippen molar-refractivity contribution in [3.63, 3.8) is 0 Å². The summed E-state index contributed by atoms with van der Waals surface area (Å²) in [6.45, 7) is 4.39. The molecule has 6 heteroatoms. The lowest BCUT2D eigenvalue weighted by Crippen LogP contribution is -2.37. The molecular formula is C20H28N2O4. The number of nitrogens with zero attached hydrogens (tertiary/aromatic N) is 2.